The Morgan fingerprint density at radius 2 is 1.95 bits per heavy atom. The lowest BCUT2D eigenvalue weighted by atomic mass is 9.97. The van der Waals surface area contributed by atoms with Crippen molar-refractivity contribution in [3.05, 3.63) is 70.9 Å². The summed E-state index contributed by atoms with van der Waals surface area (Å²) in [6.07, 6.45) is 5.54. The molecule has 21 heavy (non-hydrogen) atoms. The molecule has 0 saturated heterocycles. The van der Waals surface area contributed by atoms with Crippen molar-refractivity contribution in [2.45, 2.75) is 25.7 Å². The van der Waals surface area contributed by atoms with Crippen molar-refractivity contribution in [1.82, 2.24) is 0 Å². The Hall–Kier alpha value is -2.35. The van der Waals surface area contributed by atoms with Crippen LogP contribution in [0.2, 0.25) is 0 Å². The lowest BCUT2D eigenvalue weighted by Crippen LogP contribution is -2.11. The van der Waals surface area contributed by atoms with E-state index in [0.29, 0.717) is 5.92 Å². The molecule has 1 atom stereocenters. The highest BCUT2D eigenvalue weighted by molar-refractivity contribution is 5.83. The minimum absolute atomic E-state index is 0.446. The van der Waals surface area contributed by atoms with Crippen molar-refractivity contribution >= 4 is 17.7 Å². The quantitative estimate of drug-likeness (QED) is 0.739. The molecule has 0 aromatic heterocycles. The number of rotatable bonds is 2. The lowest BCUT2D eigenvalue weighted by Gasteiger charge is -2.22. The van der Waals surface area contributed by atoms with Crippen LogP contribution in [-0.2, 0) is 0 Å². The van der Waals surface area contributed by atoms with Gasteiger partial charge in [-0.15, -0.1) is 0 Å². The molecule has 0 saturated carbocycles. The molecule has 1 unspecified atom stereocenters. The van der Waals surface area contributed by atoms with Crippen LogP contribution in [0, 0.1) is 6.92 Å². The van der Waals surface area contributed by atoms with Gasteiger partial charge in [-0.05, 0) is 55.7 Å². The van der Waals surface area contributed by atoms with Gasteiger partial charge in [0.25, 0.3) is 0 Å². The predicted molar refractivity (Wildman–Crippen MR) is 85.2 cm³/mol. The van der Waals surface area contributed by atoms with Crippen LogP contribution in [0.1, 0.15) is 40.2 Å². The topological polar surface area (TPSA) is 20.3 Å². The lowest BCUT2D eigenvalue weighted by molar-refractivity contribution is 0.112. The van der Waals surface area contributed by atoms with E-state index in [-0.39, 0.29) is 0 Å². The zero-order chi connectivity index (χ0) is 14.4. The number of allylic oxidation sites excluding steroid dienone is 2. The SMILES string of the molecule is Cc1ccc(N2C3=CCCC3c3cc(C=O)ccc32)cc1. The van der Waals surface area contributed by atoms with Crippen LogP contribution in [0.5, 0.6) is 0 Å². The summed E-state index contributed by atoms with van der Waals surface area (Å²) in [7, 11) is 0. The number of hydrogen-bond donors (Lipinski definition) is 0. The van der Waals surface area contributed by atoms with Gasteiger partial charge in [0, 0.05) is 28.6 Å². The van der Waals surface area contributed by atoms with Crippen molar-refractivity contribution in [3.8, 4) is 0 Å². The first-order valence-corrected chi connectivity index (χ1v) is 7.44. The molecular weight excluding hydrogens is 258 g/mol. The number of carbonyl (C=O) groups excluding carboxylic acids is 1. The highest BCUT2D eigenvalue weighted by Gasteiger charge is 2.36. The van der Waals surface area contributed by atoms with Crippen molar-refractivity contribution in [2.75, 3.05) is 4.90 Å². The first-order valence-electron chi connectivity index (χ1n) is 7.44. The van der Waals surface area contributed by atoms with Crippen LogP contribution in [-0.4, -0.2) is 6.29 Å². The van der Waals surface area contributed by atoms with Gasteiger partial charge in [-0.2, -0.15) is 0 Å². The Kier molecular flexibility index (Phi) is 2.71. The third-order valence-electron chi connectivity index (χ3n) is 4.52. The summed E-state index contributed by atoms with van der Waals surface area (Å²) in [5.74, 6) is 0.446. The number of aldehydes is 1. The molecule has 1 heterocycles. The zero-order valence-electron chi connectivity index (χ0n) is 12.0. The average molecular weight is 275 g/mol. The summed E-state index contributed by atoms with van der Waals surface area (Å²) in [6, 6.07) is 14.7. The van der Waals surface area contributed by atoms with E-state index in [1.165, 1.54) is 28.2 Å². The maximum absolute atomic E-state index is 11.1. The summed E-state index contributed by atoms with van der Waals surface area (Å²) >= 11 is 0. The third kappa shape index (κ3) is 1.83. The first-order chi connectivity index (χ1) is 10.3. The number of hydrogen-bond acceptors (Lipinski definition) is 2. The molecule has 2 aromatic carbocycles. The number of carbonyl (C=O) groups is 1. The van der Waals surface area contributed by atoms with Crippen molar-refractivity contribution in [1.29, 1.82) is 0 Å². The van der Waals surface area contributed by atoms with Crippen LogP contribution < -0.4 is 4.90 Å². The Morgan fingerprint density at radius 1 is 1.14 bits per heavy atom. The monoisotopic (exact) mass is 275 g/mol. The first kappa shape index (κ1) is 12.4. The largest absolute Gasteiger partial charge is 0.314 e. The van der Waals surface area contributed by atoms with E-state index in [1.807, 2.05) is 6.07 Å². The van der Waals surface area contributed by atoms with Crippen LogP contribution in [0.3, 0.4) is 0 Å². The van der Waals surface area contributed by atoms with Gasteiger partial charge < -0.3 is 4.90 Å². The maximum Gasteiger partial charge on any atom is 0.150 e. The van der Waals surface area contributed by atoms with Gasteiger partial charge >= 0.3 is 0 Å². The standard InChI is InChI=1S/C19H17NO/c1-13-5-8-15(9-6-13)20-18-4-2-3-16(18)17-11-14(12-21)7-10-19(17)20/h4-12,16H,2-3H2,1H3. The minimum Gasteiger partial charge on any atom is -0.314 e. The average Bonchev–Trinajstić information content (AvgIpc) is 3.08. The number of nitrogens with zero attached hydrogens (tertiary/aromatic N) is 1. The summed E-state index contributed by atoms with van der Waals surface area (Å²) in [5.41, 5.74) is 7.13. The molecule has 0 bridgehead atoms. The molecule has 0 fully saturated rings. The van der Waals surface area contributed by atoms with E-state index in [0.717, 1.165) is 24.7 Å². The van der Waals surface area contributed by atoms with Crippen LogP contribution in [0.4, 0.5) is 11.4 Å². The highest BCUT2D eigenvalue weighted by atomic mass is 16.1. The van der Waals surface area contributed by atoms with Crippen molar-refractivity contribution in [2.24, 2.45) is 0 Å². The van der Waals surface area contributed by atoms with E-state index in [4.69, 9.17) is 0 Å². The van der Waals surface area contributed by atoms with Gasteiger partial charge in [0.2, 0.25) is 0 Å². The predicted octanol–water partition coefficient (Wildman–Crippen LogP) is 4.72. The number of aryl methyl sites for hydroxylation is 1. The number of anilines is 2. The minimum atomic E-state index is 0.446. The van der Waals surface area contributed by atoms with Gasteiger partial charge in [-0.3, -0.25) is 4.79 Å². The van der Waals surface area contributed by atoms with Gasteiger partial charge in [-0.25, -0.2) is 0 Å². The molecule has 1 aliphatic carbocycles. The fourth-order valence-electron chi connectivity index (χ4n) is 3.50. The van der Waals surface area contributed by atoms with Gasteiger partial charge in [0.15, 0.2) is 0 Å². The zero-order valence-corrected chi connectivity index (χ0v) is 12.0. The van der Waals surface area contributed by atoms with Crippen molar-refractivity contribution in [3.63, 3.8) is 0 Å². The number of benzene rings is 2. The third-order valence-corrected chi connectivity index (χ3v) is 4.52. The van der Waals surface area contributed by atoms with E-state index >= 15 is 0 Å². The summed E-state index contributed by atoms with van der Waals surface area (Å²) < 4.78 is 0. The molecule has 2 nitrogen and oxygen atoms in total. The fraction of sp³-hybridized carbons (Fsp3) is 0.211. The van der Waals surface area contributed by atoms with E-state index in [2.05, 4.69) is 54.3 Å². The van der Waals surface area contributed by atoms with Crippen molar-refractivity contribution < 1.29 is 4.79 Å². The molecule has 0 amide bonds. The molecule has 0 N–H and O–H groups in total. The molecule has 4 rings (SSSR count). The highest BCUT2D eigenvalue weighted by Crippen LogP contribution is 2.52. The molecule has 2 heteroatoms. The second-order valence-corrected chi connectivity index (χ2v) is 5.87. The molecular formula is C19H17NO. The van der Waals surface area contributed by atoms with Crippen LogP contribution in [0.25, 0.3) is 0 Å². The second kappa shape index (κ2) is 4.59. The smallest absolute Gasteiger partial charge is 0.150 e. The number of fused-ring (bicyclic) bond motifs is 3. The molecule has 104 valence electrons. The van der Waals surface area contributed by atoms with Crippen LogP contribution in [0.15, 0.2) is 54.2 Å². The molecule has 2 aromatic rings. The Balaban J connectivity index is 1.88. The van der Waals surface area contributed by atoms with E-state index < -0.39 is 0 Å². The maximum atomic E-state index is 11.1. The molecule has 1 aliphatic heterocycles. The van der Waals surface area contributed by atoms with E-state index in [9.17, 15) is 4.79 Å². The molecule has 2 aliphatic rings. The molecule has 0 radical (unpaired) electrons. The summed E-state index contributed by atoms with van der Waals surface area (Å²) in [5, 5.41) is 0. The Morgan fingerprint density at radius 3 is 2.71 bits per heavy atom. The summed E-state index contributed by atoms with van der Waals surface area (Å²) in [4.78, 5) is 13.4. The van der Waals surface area contributed by atoms with Gasteiger partial charge in [0.05, 0.1) is 0 Å². The van der Waals surface area contributed by atoms with Crippen LogP contribution >= 0.6 is 0 Å². The fourth-order valence-corrected chi connectivity index (χ4v) is 3.50. The Labute approximate surface area is 124 Å². The van der Waals surface area contributed by atoms with Gasteiger partial charge in [-0.1, -0.05) is 23.8 Å². The Bertz CT molecular complexity index is 743. The second-order valence-electron chi connectivity index (χ2n) is 5.87. The molecule has 0 spiro atoms. The normalized spacial score (nSPS) is 19.2. The van der Waals surface area contributed by atoms with E-state index in [1.54, 1.807) is 0 Å². The summed E-state index contributed by atoms with van der Waals surface area (Å²) in [6.45, 7) is 2.11. The van der Waals surface area contributed by atoms with Gasteiger partial charge in [0.1, 0.15) is 6.29 Å².